The number of carbonyl (C=O) groups excluding carboxylic acids is 1. The van der Waals surface area contributed by atoms with E-state index in [4.69, 9.17) is 5.73 Å². The fourth-order valence-corrected chi connectivity index (χ4v) is 3.69. The van der Waals surface area contributed by atoms with Crippen LogP contribution in [0.4, 0.5) is 0 Å². The number of carboxylic acids is 1. The minimum absolute atomic E-state index is 0.282. The lowest BCUT2D eigenvalue weighted by molar-refractivity contribution is -0.148. The van der Waals surface area contributed by atoms with Gasteiger partial charge in [0.15, 0.2) is 0 Å². The summed E-state index contributed by atoms with van der Waals surface area (Å²) in [4.78, 5) is 27.8. The number of nitrogens with one attached hydrogen (secondary N) is 2. The van der Waals surface area contributed by atoms with Crippen LogP contribution in [-0.4, -0.2) is 33.0 Å². The second-order valence-corrected chi connectivity index (χ2v) is 7.34. The molecule has 0 radical (unpaired) electrons. The van der Waals surface area contributed by atoms with Gasteiger partial charge in [-0.25, -0.2) is 4.79 Å². The van der Waals surface area contributed by atoms with Gasteiger partial charge in [-0.3, -0.25) is 4.79 Å². The van der Waals surface area contributed by atoms with Gasteiger partial charge < -0.3 is 21.1 Å². The van der Waals surface area contributed by atoms with Crippen LogP contribution in [0, 0.1) is 0 Å². The highest BCUT2D eigenvalue weighted by molar-refractivity contribution is 5.94. The molecule has 1 fully saturated rings. The maximum atomic E-state index is 12.9. The predicted octanol–water partition coefficient (Wildman–Crippen LogP) is 2.50. The van der Waals surface area contributed by atoms with E-state index in [1.165, 1.54) is 0 Å². The van der Waals surface area contributed by atoms with E-state index >= 15 is 0 Å². The number of para-hydroxylation sites is 1. The molecule has 0 saturated heterocycles. The van der Waals surface area contributed by atoms with E-state index in [1.807, 2.05) is 37.4 Å². The fraction of sp³-hybridized carbons (Fsp3) is 0.474. The quantitative estimate of drug-likeness (QED) is 0.669. The molecule has 5 N–H and O–H groups in total. The zero-order valence-corrected chi connectivity index (χ0v) is 14.6. The first kappa shape index (κ1) is 17.5. The van der Waals surface area contributed by atoms with Crippen LogP contribution in [0.15, 0.2) is 30.5 Å². The van der Waals surface area contributed by atoms with Gasteiger partial charge in [0.1, 0.15) is 5.54 Å². The van der Waals surface area contributed by atoms with E-state index in [2.05, 4.69) is 10.3 Å². The number of aliphatic carboxylic acids is 1. The van der Waals surface area contributed by atoms with E-state index in [-0.39, 0.29) is 5.92 Å². The maximum absolute atomic E-state index is 12.9. The highest BCUT2D eigenvalue weighted by atomic mass is 16.4. The summed E-state index contributed by atoms with van der Waals surface area (Å²) in [7, 11) is 0. The normalized spacial score (nSPS) is 20.1. The summed E-state index contributed by atoms with van der Waals surface area (Å²) in [5.41, 5.74) is 5.93. The van der Waals surface area contributed by atoms with Gasteiger partial charge in [0.05, 0.1) is 5.54 Å². The molecule has 2 unspecified atom stereocenters. The lowest BCUT2D eigenvalue weighted by Crippen LogP contribution is -2.62. The molecule has 0 aliphatic heterocycles. The summed E-state index contributed by atoms with van der Waals surface area (Å²) in [6.07, 6.45) is 4.37. The lowest BCUT2D eigenvalue weighted by atomic mass is 9.81. The van der Waals surface area contributed by atoms with Crippen LogP contribution in [0.3, 0.4) is 0 Å². The highest BCUT2D eigenvalue weighted by Crippen LogP contribution is 2.34. The van der Waals surface area contributed by atoms with Crippen molar-refractivity contribution in [2.45, 2.75) is 56.5 Å². The molecule has 134 valence electrons. The fourth-order valence-electron chi connectivity index (χ4n) is 3.69. The second kappa shape index (κ2) is 6.19. The molecule has 1 aromatic carbocycles. The van der Waals surface area contributed by atoms with Crippen LogP contribution in [0.2, 0.25) is 0 Å². The van der Waals surface area contributed by atoms with E-state index < -0.39 is 23.0 Å². The third-order valence-electron chi connectivity index (χ3n) is 5.70. The number of aromatic amines is 1. The molecular weight excluding hydrogens is 318 g/mol. The summed E-state index contributed by atoms with van der Waals surface area (Å²) in [5.74, 6) is -1.68. The first-order valence-electron chi connectivity index (χ1n) is 8.69. The molecule has 1 saturated carbocycles. The predicted molar refractivity (Wildman–Crippen MR) is 96.3 cm³/mol. The van der Waals surface area contributed by atoms with Crippen LogP contribution in [-0.2, 0) is 9.59 Å². The van der Waals surface area contributed by atoms with Gasteiger partial charge in [0, 0.05) is 23.0 Å². The summed E-state index contributed by atoms with van der Waals surface area (Å²) in [6.45, 7) is 3.57. The first-order valence-corrected chi connectivity index (χ1v) is 8.69. The Balaban J connectivity index is 1.87. The maximum Gasteiger partial charge on any atom is 0.329 e. The largest absolute Gasteiger partial charge is 0.480 e. The number of rotatable bonds is 5. The Morgan fingerprint density at radius 2 is 1.96 bits per heavy atom. The number of aromatic nitrogens is 1. The molecule has 1 aromatic heterocycles. The van der Waals surface area contributed by atoms with Crippen LogP contribution in [0.1, 0.15) is 51.0 Å². The topological polar surface area (TPSA) is 108 Å². The van der Waals surface area contributed by atoms with Gasteiger partial charge >= 0.3 is 5.97 Å². The number of benzene rings is 1. The van der Waals surface area contributed by atoms with Crippen molar-refractivity contribution in [2.24, 2.45) is 5.73 Å². The van der Waals surface area contributed by atoms with Crippen molar-refractivity contribution in [3.8, 4) is 0 Å². The molecule has 0 bridgehead atoms. The molecule has 6 nitrogen and oxygen atoms in total. The molecule has 2 atom stereocenters. The van der Waals surface area contributed by atoms with Crippen molar-refractivity contribution < 1.29 is 14.7 Å². The van der Waals surface area contributed by atoms with Crippen molar-refractivity contribution in [3.63, 3.8) is 0 Å². The summed E-state index contributed by atoms with van der Waals surface area (Å²) < 4.78 is 0. The van der Waals surface area contributed by atoms with Crippen LogP contribution < -0.4 is 11.1 Å². The van der Waals surface area contributed by atoms with Gasteiger partial charge in [-0.2, -0.15) is 0 Å². The number of amides is 1. The highest BCUT2D eigenvalue weighted by Gasteiger charge is 2.46. The van der Waals surface area contributed by atoms with E-state index in [0.717, 1.165) is 29.3 Å². The number of hydrogen-bond acceptors (Lipinski definition) is 3. The van der Waals surface area contributed by atoms with Gasteiger partial charge in [0.2, 0.25) is 5.91 Å². The molecule has 1 aliphatic carbocycles. The number of nitrogens with two attached hydrogens (primary N) is 1. The Morgan fingerprint density at radius 3 is 2.60 bits per heavy atom. The molecule has 6 heteroatoms. The number of carbonyl (C=O) groups is 2. The Labute approximate surface area is 146 Å². The Kier molecular flexibility index (Phi) is 4.33. The van der Waals surface area contributed by atoms with Crippen LogP contribution in [0.5, 0.6) is 0 Å². The van der Waals surface area contributed by atoms with Gasteiger partial charge in [-0.1, -0.05) is 38.0 Å². The summed E-state index contributed by atoms with van der Waals surface area (Å²) in [6, 6.07) is 7.84. The molecule has 2 aromatic rings. The molecule has 1 heterocycles. The summed E-state index contributed by atoms with van der Waals surface area (Å²) in [5, 5.41) is 13.4. The SMILES string of the molecule is CC(c1c[nH]c2ccccc12)C(C)(N)C(=O)NC1(C(=O)O)CCCC1. The monoisotopic (exact) mass is 343 g/mol. The molecule has 25 heavy (non-hydrogen) atoms. The standard InChI is InChI=1S/C19H25N3O3/c1-12(14-11-21-15-8-4-3-7-13(14)15)18(2,20)16(23)22-19(17(24)25)9-5-6-10-19/h3-4,7-8,11-12,21H,5-6,9-10,20H2,1-2H3,(H,22,23)(H,24,25). The lowest BCUT2D eigenvalue weighted by Gasteiger charge is -2.35. The first-order chi connectivity index (χ1) is 11.8. The average molecular weight is 343 g/mol. The number of carboxylic acid groups (broad SMARTS) is 1. The van der Waals surface area contributed by atoms with E-state index in [9.17, 15) is 14.7 Å². The smallest absolute Gasteiger partial charge is 0.329 e. The number of fused-ring (bicyclic) bond motifs is 1. The Hall–Kier alpha value is -2.34. The minimum atomic E-state index is -1.23. The number of H-pyrrole nitrogens is 1. The molecule has 0 spiro atoms. The number of hydrogen-bond donors (Lipinski definition) is 4. The average Bonchev–Trinajstić information content (AvgIpc) is 3.21. The third kappa shape index (κ3) is 2.91. The van der Waals surface area contributed by atoms with Gasteiger partial charge in [-0.05, 0) is 31.4 Å². The van der Waals surface area contributed by atoms with Crippen molar-refractivity contribution in [1.82, 2.24) is 10.3 Å². The Morgan fingerprint density at radius 1 is 1.32 bits per heavy atom. The van der Waals surface area contributed by atoms with Gasteiger partial charge in [-0.15, -0.1) is 0 Å². The van der Waals surface area contributed by atoms with Crippen LogP contribution >= 0.6 is 0 Å². The third-order valence-corrected chi connectivity index (χ3v) is 5.70. The van der Waals surface area contributed by atoms with Crippen molar-refractivity contribution >= 4 is 22.8 Å². The Bertz CT molecular complexity index is 803. The zero-order valence-electron chi connectivity index (χ0n) is 14.6. The molecule has 1 aliphatic rings. The van der Waals surface area contributed by atoms with E-state index in [0.29, 0.717) is 12.8 Å². The minimum Gasteiger partial charge on any atom is -0.480 e. The van der Waals surface area contributed by atoms with Gasteiger partial charge in [0.25, 0.3) is 0 Å². The molecule has 3 rings (SSSR count). The van der Waals surface area contributed by atoms with Crippen molar-refractivity contribution in [1.29, 1.82) is 0 Å². The van der Waals surface area contributed by atoms with Crippen molar-refractivity contribution in [2.75, 3.05) is 0 Å². The van der Waals surface area contributed by atoms with Crippen LogP contribution in [0.25, 0.3) is 10.9 Å². The summed E-state index contributed by atoms with van der Waals surface area (Å²) >= 11 is 0. The zero-order chi connectivity index (χ0) is 18.2. The second-order valence-electron chi connectivity index (χ2n) is 7.34. The van der Waals surface area contributed by atoms with Crippen molar-refractivity contribution in [3.05, 3.63) is 36.0 Å². The molecule has 1 amide bonds. The van der Waals surface area contributed by atoms with E-state index in [1.54, 1.807) is 6.92 Å². The molecular formula is C19H25N3O3.